The first-order valence-corrected chi connectivity index (χ1v) is 8.68. The van der Waals surface area contributed by atoms with Crippen molar-refractivity contribution >= 4 is 39.9 Å². The summed E-state index contributed by atoms with van der Waals surface area (Å²) < 4.78 is 3.03. The molecule has 2 aromatic rings. The molecule has 6 nitrogen and oxygen atoms in total. The molecule has 1 heterocycles. The molecule has 0 unspecified atom stereocenters. The van der Waals surface area contributed by atoms with Gasteiger partial charge < -0.3 is 4.72 Å². The Morgan fingerprint density at radius 1 is 1.35 bits per heavy atom. The maximum Gasteiger partial charge on any atom is 0.284 e. The molecular weight excluding hydrogens is 334 g/mol. The summed E-state index contributed by atoms with van der Waals surface area (Å²) in [4.78, 5) is 28.5. The number of rotatable bonds is 4. The summed E-state index contributed by atoms with van der Waals surface area (Å²) >= 11 is 2.45. The summed E-state index contributed by atoms with van der Waals surface area (Å²) in [5.41, 5.74) is 0.797. The number of Topliss-reactive ketones (excluding diaryl/α,β-unsaturated/α-hetero) is 1. The second-order valence-corrected chi connectivity index (χ2v) is 8.01. The van der Waals surface area contributed by atoms with Gasteiger partial charge in [0.1, 0.15) is 4.90 Å². The van der Waals surface area contributed by atoms with Gasteiger partial charge in [0.15, 0.2) is 10.9 Å². The fourth-order valence-electron chi connectivity index (χ4n) is 2.56. The normalized spacial score (nSPS) is 16.0. The number of para-hydroxylation sites is 1. The molecule has 3 rings (SSSR count). The summed E-state index contributed by atoms with van der Waals surface area (Å²) in [6.45, 7) is 4.12. The SMILES string of the molecule is CC1(C)CC(=O)c2sc(NSc3ccccc3[N+](=O)[O-])nc2C1. The molecule has 0 amide bonds. The number of nitro benzene ring substituents is 1. The summed E-state index contributed by atoms with van der Waals surface area (Å²) in [5.74, 6) is 0.123. The maximum atomic E-state index is 12.2. The van der Waals surface area contributed by atoms with Crippen molar-refractivity contribution in [2.45, 2.75) is 31.6 Å². The van der Waals surface area contributed by atoms with E-state index in [0.717, 1.165) is 24.1 Å². The van der Waals surface area contributed by atoms with E-state index in [9.17, 15) is 14.9 Å². The van der Waals surface area contributed by atoms with Crippen LogP contribution in [0.15, 0.2) is 29.2 Å². The lowest BCUT2D eigenvalue weighted by atomic mass is 9.78. The first-order valence-electron chi connectivity index (χ1n) is 7.05. The molecule has 1 aliphatic rings. The number of hydrogen-bond acceptors (Lipinski definition) is 7. The molecule has 23 heavy (non-hydrogen) atoms. The number of nitrogens with zero attached hydrogens (tertiary/aromatic N) is 2. The fraction of sp³-hybridized carbons (Fsp3) is 0.333. The van der Waals surface area contributed by atoms with Gasteiger partial charge in [-0.2, -0.15) is 0 Å². The van der Waals surface area contributed by atoms with Crippen LogP contribution in [0.1, 0.15) is 35.6 Å². The Hall–Kier alpha value is -1.93. The summed E-state index contributed by atoms with van der Waals surface area (Å²) in [6, 6.07) is 6.52. The van der Waals surface area contributed by atoms with Crippen molar-refractivity contribution in [2.24, 2.45) is 5.41 Å². The highest BCUT2D eigenvalue weighted by Crippen LogP contribution is 2.39. The number of carbonyl (C=O) groups excluding carboxylic acids is 1. The molecule has 120 valence electrons. The topological polar surface area (TPSA) is 85.1 Å². The van der Waals surface area contributed by atoms with Gasteiger partial charge in [0.05, 0.1) is 15.5 Å². The highest BCUT2D eigenvalue weighted by Gasteiger charge is 2.33. The van der Waals surface area contributed by atoms with Crippen LogP contribution in [0.2, 0.25) is 0 Å². The fourth-order valence-corrected chi connectivity index (χ4v) is 4.26. The molecule has 0 saturated heterocycles. The van der Waals surface area contributed by atoms with E-state index < -0.39 is 4.92 Å². The molecule has 0 fully saturated rings. The highest BCUT2D eigenvalue weighted by molar-refractivity contribution is 8.00. The number of fused-ring (bicyclic) bond motifs is 1. The smallest absolute Gasteiger partial charge is 0.284 e. The van der Waals surface area contributed by atoms with Crippen molar-refractivity contribution < 1.29 is 9.72 Å². The number of anilines is 1. The molecule has 1 aromatic heterocycles. The van der Waals surface area contributed by atoms with Crippen molar-refractivity contribution in [1.29, 1.82) is 0 Å². The lowest BCUT2D eigenvalue weighted by Crippen LogP contribution is -2.25. The van der Waals surface area contributed by atoms with Crippen LogP contribution in [0.4, 0.5) is 10.8 Å². The van der Waals surface area contributed by atoms with E-state index in [1.54, 1.807) is 18.2 Å². The summed E-state index contributed by atoms with van der Waals surface area (Å²) in [6.07, 6.45) is 1.29. The van der Waals surface area contributed by atoms with Crippen LogP contribution >= 0.6 is 23.3 Å². The van der Waals surface area contributed by atoms with Crippen molar-refractivity contribution in [3.05, 3.63) is 45.0 Å². The molecule has 1 aromatic carbocycles. The Bertz CT molecular complexity index is 786. The Morgan fingerprint density at radius 2 is 2.09 bits per heavy atom. The largest absolute Gasteiger partial charge is 0.301 e. The second-order valence-electron chi connectivity index (χ2n) is 6.16. The minimum Gasteiger partial charge on any atom is -0.301 e. The lowest BCUT2D eigenvalue weighted by Gasteiger charge is -2.26. The van der Waals surface area contributed by atoms with Crippen LogP contribution in [0.5, 0.6) is 0 Å². The highest BCUT2D eigenvalue weighted by atomic mass is 32.2. The monoisotopic (exact) mass is 349 g/mol. The molecule has 0 atom stereocenters. The zero-order valence-electron chi connectivity index (χ0n) is 12.7. The van der Waals surface area contributed by atoms with Crippen molar-refractivity contribution in [3.63, 3.8) is 0 Å². The van der Waals surface area contributed by atoms with Gasteiger partial charge in [-0.05, 0) is 29.9 Å². The van der Waals surface area contributed by atoms with Gasteiger partial charge in [0.2, 0.25) is 0 Å². The average molecular weight is 349 g/mol. The van der Waals surface area contributed by atoms with E-state index in [-0.39, 0.29) is 16.9 Å². The summed E-state index contributed by atoms with van der Waals surface area (Å²) in [7, 11) is 0. The Balaban J connectivity index is 1.79. The molecular formula is C15H15N3O3S2. The van der Waals surface area contributed by atoms with E-state index in [4.69, 9.17) is 0 Å². The number of hydrogen-bond donors (Lipinski definition) is 1. The number of carbonyl (C=O) groups is 1. The van der Waals surface area contributed by atoms with Gasteiger partial charge in [-0.25, -0.2) is 4.98 Å². The van der Waals surface area contributed by atoms with E-state index in [1.165, 1.54) is 17.4 Å². The minimum atomic E-state index is -0.414. The van der Waals surface area contributed by atoms with E-state index in [0.29, 0.717) is 21.3 Å². The first-order chi connectivity index (χ1) is 10.9. The number of nitrogens with one attached hydrogen (secondary N) is 1. The van der Waals surface area contributed by atoms with Crippen LogP contribution in [-0.4, -0.2) is 15.7 Å². The first kappa shape index (κ1) is 15.9. The molecule has 0 saturated carbocycles. The van der Waals surface area contributed by atoms with Crippen molar-refractivity contribution in [3.8, 4) is 0 Å². The number of ketones is 1. The minimum absolute atomic E-state index is 0.0449. The lowest BCUT2D eigenvalue weighted by molar-refractivity contribution is -0.387. The van der Waals surface area contributed by atoms with E-state index in [2.05, 4.69) is 23.6 Å². The molecule has 0 bridgehead atoms. The van der Waals surface area contributed by atoms with Gasteiger partial charge >= 0.3 is 0 Å². The number of aromatic nitrogens is 1. The van der Waals surface area contributed by atoms with Crippen LogP contribution in [0.25, 0.3) is 0 Å². The maximum absolute atomic E-state index is 12.2. The van der Waals surface area contributed by atoms with Gasteiger partial charge in [0, 0.05) is 12.5 Å². The van der Waals surface area contributed by atoms with Gasteiger partial charge in [0.25, 0.3) is 5.69 Å². The molecule has 0 radical (unpaired) electrons. The zero-order valence-corrected chi connectivity index (χ0v) is 14.3. The zero-order chi connectivity index (χ0) is 16.6. The van der Waals surface area contributed by atoms with Crippen LogP contribution < -0.4 is 4.72 Å². The average Bonchev–Trinajstić information content (AvgIpc) is 2.87. The molecule has 8 heteroatoms. The van der Waals surface area contributed by atoms with Gasteiger partial charge in [-0.15, -0.1) is 0 Å². The third-order valence-electron chi connectivity index (χ3n) is 3.55. The van der Waals surface area contributed by atoms with Crippen LogP contribution in [-0.2, 0) is 6.42 Å². The number of nitro groups is 1. The van der Waals surface area contributed by atoms with Crippen molar-refractivity contribution in [1.82, 2.24) is 4.98 Å². The predicted molar refractivity (Wildman–Crippen MR) is 91.1 cm³/mol. The third-order valence-corrected chi connectivity index (χ3v) is 5.59. The Kier molecular flexibility index (Phi) is 4.11. The third kappa shape index (κ3) is 3.37. The Morgan fingerprint density at radius 3 is 2.83 bits per heavy atom. The van der Waals surface area contributed by atoms with Crippen LogP contribution in [0, 0.1) is 15.5 Å². The Labute approximate surface area is 141 Å². The molecule has 1 aliphatic carbocycles. The summed E-state index contributed by atoms with van der Waals surface area (Å²) in [5, 5.41) is 11.6. The quantitative estimate of drug-likeness (QED) is 0.502. The van der Waals surface area contributed by atoms with E-state index in [1.807, 2.05) is 0 Å². The van der Waals surface area contributed by atoms with E-state index >= 15 is 0 Å². The second kappa shape index (κ2) is 5.93. The molecule has 1 N–H and O–H groups in total. The standard InChI is InChI=1S/C15H15N3O3S2/c1-15(2)7-9-13(11(19)8-15)22-14(16-9)17-23-12-6-4-3-5-10(12)18(20)21/h3-6H,7-8H2,1-2H3,(H,16,17). The number of thiazole rings is 1. The van der Waals surface area contributed by atoms with Gasteiger partial charge in [-0.1, -0.05) is 37.3 Å². The van der Waals surface area contributed by atoms with Crippen LogP contribution in [0.3, 0.4) is 0 Å². The molecule has 0 aliphatic heterocycles. The number of benzene rings is 1. The molecule has 0 spiro atoms. The predicted octanol–water partition coefficient (Wildman–Crippen LogP) is 4.33. The van der Waals surface area contributed by atoms with Crippen molar-refractivity contribution in [2.75, 3.05) is 4.72 Å². The van der Waals surface area contributed by atoms with Gasteiger partial charge in [-0.3, -0.25) is 14.9 Å².